The zero-order chi connectivity index (χ0) is 17.2. The number of fused-ring (bicyclic) bond motifs is 1. The molecular formula is C17H18N2O4S. The molecule has 0 saturated heterocycles. The largest absolute Gasteiger partial charge is 0.478 e. The summed E-state index contributed by atoms with van der Waals surface area (Å²) in [5.41, 5.74) is 2.06. The molecule has 7 heteroatoms. The molecule has 0 radical (unpaired) electrons. The van der Waals surface area contributed by atoms with E-state index in [1.54, 1.807) is 6.20 Å². The smallest absolute Gasteiger partial charge is 0.335 e. The van der Waals surface area contributed by atoms with Crippen LogP contribution in [0.3, 0.4) is 0 Å². The molecule has 1 aliphatic carbocycles. The molecule has 0 fully saturated rings. The van der Waals surface area contributed by atoms with Crippen LogP contribution >= 0.6 is 0 Å². The second kappa shape index (κ2) is 6.70. The predicted molar refractivity (Wildman–Crippen MR) is 88.5 cm³/mol. The van der Waals surface area contributed by atoms with Crippen LogP contribution in [-0.2, 0) is 16.4 Å². The molecule has 126 valence electrons. The van der Waals surface area contributed by atoms with Crippen LogP contribution in [-0.4, -0.2) is 31.0 Å². The van der Waals surface area contributed by atoms with Crippen molar-refractivity contribution in [3.63, 3.8) is 0 Å². The highest BCUT2D eigenvalue weighted by molar-refractivity contribution is 7.89. The van der Waals surface area contributed by atoms with Crippen LogP contribution in [0.4, 0.5) is 0 Å². The van der Waals surface area contributed by atoms with Gasteiger partial charge in [0.25, 0.3) is 0 Å². The van der Waals surface area contributed by atoms with E-state index in [4.69, 9.17) is 5.11 Å². The van der Waals surface area contributed by atoms with E-state index in [1.807, 2.05) is 12.1 Å². The van der Waals surface area contributed by atoms with E-state index in [0.717, 1.165) is 31.0 Å². The summed E-state index contributed by atoms with van der Waals surface area (Å²) in [5.74, 6) is -1.12. The summed E-state index contributed by atoms with van der Waals surface area (Å²) in [6.07, 6.45) is 4.57. The number of aromatic carboxylic acids is 1. The molecule has 1 unspecified atom stereocenters. The van der Waals surface area contributed by atoms with Crippen molar-refractivity contribution in [2.75, 3.05) is 6.54 Å². The van der Waals surface area contributed by atoms with E-state index in [-0.39, 0.29) is 22.9 Å². The highest BCUT2D eigenvalue weighted by Gasteiger charge is 2.24. The average Bonchev–Trinajstić information content (AvgIpc) is 2.60. The topological polar surface area (TPSA) is 96.4 Å². The third-order valence-corrected chi connectivity index (χ3v) is 5.64. The van der Waals surface area contributed by atoms with Crippen molar-refractivity contribution in [2.24, 2.45) is 0 Å². The van der Waals surface area contributed by atoms with Crippen molar-refractivity contribution in [1.82, 2.24) is 9.71 Å². The first-order valence-electron chi connectivity index (χ1n) is 7.74. The molecule has 0 amide bonds. The number of hydrogen-bond donors (Lipinski definition) is 2. The van der Waals surface area contributed by atoms with Crippen LogP contribution < -0.4 is 4.72 Å². The number of aryl methyl sites for hydroxylation is 1. The zero-order valence-corrected chi connectivity index (χ0v) is 13.8. The van der Waals surface area contributed by atoms with E-state index in [1.165, 1.54) is 23.8 Å². The number of carboxylic acids is 1. The van der Waals surface area contributed by atoms with Gasteiger partial charge in [0.15, 0.2) is 0 Å². The molecule has 24 heavy (non-hydrogen) atoms. The normalized spacial score (nSPS) is 17.2. The fourth-order valence-corrected chi connectivity index (χ4v) is 4.12. The summed E-state index contributed by atoms with van der Waals surface area (Å²) >= 11 is 0. The van der Waals surface area contributed by atoms with Gasteiger partial charge < -0.3 is 5.11 Å². The second-order valence-corrected chi connectivity index (χ2v) is 7.59. The van der Waals surface area contributed by atoms with Crippen molar-refractivity contribution in [3.8, 4) is 0 Å². The van der Waals surface area contributed by atoms with Crippen molar-refractivity contribution < 1.29 is 18.3 Å². The number of pyridine rings is 1. The van der Waals surface area contributed by atoms with Crippen LogP contribution in [0.5, 0.6) is 0 Å². The summed E-state index contributed by atoms with van der Waals surface area (Å²) in [6.45, 7) is 0.254. The number of carbonyl (C=O) groups is 1. The third kappa shape index (κ3) is 3.47. The molecular weight excluding hydrogens is 328 g/mol. The Morgan fingerprint density at radius 1 is 1.29 bits per heavy atom. The van der Waals surface area contributed by atoms with Gasteiger partial charge in [-0.3, -0.25) is 4.98 Å². The number of carboxylic acid groups (broad SMARTS) is 1. The van der Waals surface area contributed by atoms with Gasteiger partial charge in [0.1, 0.15) is 0 Å². The first-order chi connectivity index (χ1) is 11.5. The molecule has 6 nitrogen and oxygen atoms in total. The quantitative estimate of drug-likeness (QED) is 0.865. The Morgan fingerprint density at radius 2 is 2.12 bits per heavy atom. The number of hydrogen-bond acceptors (Lipinski definition) is 4. The monoisotopic (exact) mass is 346 g/mol. The van der Waals surface area contributed by atoms with Crippen LogP contribution in [0.1, 0.15) is 40.4 Å². The van der Waals surface area contributed by atoms with Gasteiger partial charge in [-0.2, -0.15) is 0 Å². The Kier molecular flexibility index (Phi) is 4.64. The molecule has 1 heterocycles. The number of rotatable bonds is 5. The molecule has 2 aromatic rings. The van der Waals surface area contributed by atoms with Crippen LogP contribution in [0, 0.1) is 0 Å². The molecule has 0 saturated carbocycles. The Balaban J connectivity index is 1.77. The zero-order valence-electron chi connectivity index (χ0n) is 13.0. The molecule has 3 rings (SSSR count). The summed E-state index contributed by atoms with van der Waals surface area (Å²) in [4.78, 5) is 15.4. The summed E-state index contributed by atoms with van der Waals surface area (Å²) < 4.78 is 27.5. The van der Waals surface area contributed by atoms with E-state index in [2.05, 4.69) is 9.71 Å². The summed E-state index contributed by atoms with van der Waals surface area (Å²) in [7, 11) is -3.76. The fourth-order valence-electron chi connectivity index (χ4n) is 2.99. The van der Waals surface area contributed by atoms with E-state index < -0.39 is 16.0 Å². The Labute approximate surface area is 140 Å². The Hall–Kier alpha value is -2.25. The minimum atomic E-state index is -3.76. The van der Waals surface area contributed by atoms with Gasteiger partial charge in [-0.15, -0.1) is 0 Å². The first-order valence-corrected chi connectivity index (χ1v) is 9.22. The summed E-state index contributed by atoms with van der Waals surface area (Å²) in [6, 6.07) is 9.26. The first kappa shape index (κ1) is 16.6. The lowest BCUT2D eigenvalue weighted by molar-refractivity contribution is 0.0696. The van der Waals surface area contributed by atoms with Gasteiger partial charge in [0.2, 0.25) is 10.0 Å². The highest BCUT2D eigenvalue weighted by atomic mass is 32.2. The molecule has 1 aliphatic rings. The van der Waals surface area contributed by atoms with Crippen molar-refractivity contribution in [2.45, 2.75) is 30.1 Å². The minimum Gasteiger partial charge on any atom is -0.478 e. The number of nitrogens with zero attached hydrogens (tertiary/aromatic N) is 1. The predicted octanol–water partition coefficient (Wildman–Crippen LogP) is 2.18. The Bertz CT molecular complexity index is 864. The molecule has 0 aliphatic heterocycles. The third-order valence-electron chi connectivity index (χ3n) is 4.22. The van der Waals surface area contributed by atoms with E-state index >= 15 is 0 Å². The van der Waals surface area contributed by atoms with Crippen molar-refractivity contribution in [1.29, 1.82) is 0 Å². The fraction of sp³-hybridized carbons (Fsp3) is 0.294. The molecule has 1 aromatic heterocycles. The maximum Gasteiger partial charge on any atom is 0.335 e. The minimum absolute atomic E-state index is 0.0346. The average molecular weight is 346 g/mol. The van der Waals surface area contributed by atoms with Crippen LogP contribution in [0.15, 0.2) is 47.5 Å². The van der Waals surface area contributed by atoms with Crippen molar-refractivity contribution >= 4 is 16.0 Å². The second-order valence-electron chi connectivity index (χ2n) is 5.82. The van der Waals surface area contributed by atoms with Gasteiger partial charge in [-0.25, -0.2) is 17.9 Å². The molecule has 0 spiro atoms. The maximum absolute atomic E-state index is 12.4. The number of benzene rings is 1. The van der Waals surface area contributed by atoms with Gasteiger partial charge in [-0.05, 0) is 49.1 Å². The lowest BCUT2D eigenvalue weighted by Crippen LogP contribution is -2.30. The van der Waals surface area contributed by atoms with Gasteiger partial charge in [0, 0.05) is 24.4 Å². The standard InChI is InChI=1S/C17H18N2O4S/c20-17(21)13-5-2-8-15(10-13)24(22,23)19-11-14-6-1-4-12-7-3-9-18-16(12)14/h2-3,5,7-10,14,19H,1,4,6,11H2,(H,20,21). The van der Waals surface area contributed by atoms with Crippen LogP contribution in [0.25, 0.3) is 0 Å². The van der Waals surface area contributed by atoms with E-state index in [0.29, 0.717) is 0 Å². The molecule has 1 atom stereocenters. The SMILES string of the molecule is O=C(O)c1cccc(S(=O)(=O)NCC2CCCc3cccnc32)c1. The van der Waals surface area contributed by atoms with Gasteiger partial charge >= 0.3 is 5.97 Å². The number of aromatic nitrogens is 1. The molecule has 1 aromatic carbocycles. The lowest BCUT2D eigenvalue weighted by atomic mass is 9.87. The molecule has 2 N–H and O–H groups in total. The summed E-state index contributed by atoms with van der Waals surface area (Å²) in [5, 5.41) is 8.99. The van der Waals surface area contributed by atoms with Gasteiger partial charge in [0.05, 0.1) is 10.5 Å². The number of nitrogens with one attached hydrogen (secondary N) is 1. The van der Waals surface area contributed by atoms with E-state index in [9.17, 15) is 13.2 Å². The van der Waals surface area contributed by atoms with Crippen molar-refractivity contribution in [3.05, 3.63) is 59.4 Å². The maximum atomic E-state index is 12.4. The number of sulfonamides is 1. The lowest BCUT2D eigenvalue weighted by Gasteiger charge is -2.24. The molecule has 0 bridgehead atoms. The van der Waals surface area contributed by atoms with Gasteiger partial charge in [-0.1, -0.05) is 12.1 Å². The van der Waals surface area contributed by atoms with Crippen LogP contribution in [0.2, 0.25) is 0 Å². The highest BCUT2D eigenvalue weighted by Crippen LogP contribution is 2.29. The Morgan fingerprint density at radius 3 is 2.92 bits per heavy atom.